The van der Waals surface area contributed by atoms with Gasteiger partial charge < -0.3 is 10.5 Å². The third kappa shape index (κ3) is 14.0. The summed E-state index contributed by atoms with van der Waals surface area (Å²) in [5, 5.41) is 0. The van der Waals surface area contributed by atoms with Crippen LogP contribution in [-0.4, -0.2) is 12.8 Å². The van der Waals surface area contributed by atoms with Gasteiger partial charge in [-0.15, -0.1) is 0 Å². The smallest absolute Gasteiger partial charge is 0.105 e. The van der Waals surface area contributed by atoms with Crippen LogP contribution in [0.25, 0.3) is 0 Å². The first kappa shape index (κ1) is 17.9. The van der Waals surface area contributed by atoms with Crippen molar-refractivity contribution < 1.29 is 4.74 Å². The second-order valence-corrected chi connectivity index (χ2v) is 5.38. The average Bonchev–Trinajstić information content (AvgIpc) is 2.37. The summed E-state index contributed by atoms with van der Waals surface area (Å²) in [5.74, 6) is 0. The molecule has 0 radical (unpaired) electrons. The summed E-state index contributed by atoms with van der Waals surface area (Å²) in [6.07, 6.45) is 15.4. The third-order valence-electron chi connectivity index (χ3n) is 3.42. The van der Waals surface area contributed by atoms with Gasteiger partial charge in [-0.3, -0.25) is 0 Å². The monoisotopic (exact) mass is 257 g/mol. The highest BCUT2D eigenvalue weighted by Crippen LogP contribution is 2.08. The second-order valence-electron chi connectivity index (χ2n) is 5.38. The van der Waals surface area contributed by atoms with Crippen molar-refractivity contribution in [2.45, 2.75) is 97.1 Å². The minimum absolute atomic E-state index is 0.0257. The van der Waals surface area contributed by atoms with Crippen LogP contribution in [0.15, 0.2) is 0 Å². The Balaban J connectivity index is 3.09. The standard InChI is InChI=1S/C16H35NO/c1-3-5-7-9-11-13-15-18-16(17)14-12-10-8-6-4-2/h16H,3-15,17H2,1-2H3. The van der Waals surface area contributed by atoms with Crippen molar-refractivity contribution >= 4 is 0 Å². The first-order valence-corrected chi connectivity index (χ1v) is 8.18. The predicted octanol–water partition coefficient (Wildman–Crippen LogP) is 5.01. The van der Waals surface area contributed by atoms with E-state index in [0.717, 1.165) is 13.0 Å². The molecule has 1 unspecified atom stereocenters. The van der Waals surface area contributed by atoms with Crippen LogP contribution in [0.5, 0.6) is 0 Å². The zero-order chi connectivity index (χ0) is 13.5. The summed E-state index contributed by atoms with van der Waals surface area (Å²) in [5.41, 5.74) is 5.93. The highest BCUT2D eigenvalue weighted by atomic mass is 16.5. The van der Waals surface area contributed by atoms with Gasteiger partial charge in [0.2, 0.25) is 0 Å². The molecule has 2 N–H and O–H groups in total. The molecule has 0 aliphatic rings. The Morgan fingerprint density at radius 2 is 1.22 bits per heavy atom. The predicted molar refractivity (Wildman–Crippen MR) is 80.7 cm³/mol. The van der Waals surface area contributed by atoms with Gasteiger partial charge in [0.05, 0.1) is 0 Å². The average molecular weight is 257 g/mol. The van der Waals surface area contributed by atoms with Gasteiger partial charge in [-0.1, -0.05) is 71.6 Å². The van der Waals surface area contributed by atoms with Crippen LogP contribution in [-0.2, 0) is 4.74 Å². The van der Waals surface area contributed by atoms with Crippen LogP contribution >= 0.6 is 0 Å². The van der Waals surface area contributed by atoms with Crippen molar-refractivity contribution in [3.8, 4) is 0 Å². The molecule has 0 fully saturated rings. The fourth-order valence-electron chi connectivity index (χ4n) is 2.15. The van der Waals surface area contributed by atoms with Gasteiger partial charge in [0, 0.05) is 6.61 Å². The maximum absolute atomic E-state index is 5.93. The van der Waals surface area contributed by atoms with Gasteiger partial charge >= 0.3 is 0 Å². The highest BCUT2D eigenvalue weighted by Gasteiger charge is 2.01. The molecule has 0 aromatic heterocycles. The molecule has 0 rings (SSSR count). The highest BCUT2D eigenvalue weighted by molar-refractivity contribution is 4.51. The molecule has 2 nitrogen and oxygen atoms in total. The quantitative estimate of drug-likeness (QED) is 0.351. The fourth-order valence-corrected chi connectivity index (χ4v) is 2.15. The van der Waals surface area contributed by atoms with E-state index < -0.39 is 0 Å². The summed E-state index contributed by atoms with van der Waals surface area (Å²) in [4.78, 5) is 0. The number of hydrogen-bond acceptors (Lipinski definition) is 2. The molecule has 110 valence electrons. The topological polar surface area (TPSA) is 35.2 Å². The number of rotatable bonds is 14. The molecule has 0 heterocycles. The summed E-state index contributed by atoms with van der Waals surface area (Å²) < 4.78 is 5.63. The van der Waals surface area contributed by atoms with Crippen LogP contribution < -0.4 is 5.73 Å². The van der Waals surface area contributed by atoms with E-state index in [4.69, 9.17) is 10.5 Å². The van der Waals surface area contributed by atoms with Crippen molar-refractivity contribution in [3.05, 3.63) is 0 Å². The molecule has 0 saturated heterocycles. The maximum atomic E-state index is 5.93. The lowest BCUT2D eigenvalue weighted by atomic mass is 10.1. The zero-order valence-electron chi connectivity index (χ0n) is 12.8. The van der Waals surface area contributed by atoms with Crippen LogP contribution in [0, 0.1) is 0 Å². The number of ether oxygens (including phenoxy) is 1. The molecule has 18 heavy (non-hydrogen) atoms. The lowest BCUT2D eigenvalue weighted by molar-refractivity contribution is 0.0475. The van der Waals surface area contributed by atoms with Gasteiger partial charge in [-0.05, 0) is 19.3 Å². The summed E-state index contributed by atoms with van der Waals surface area (Å²) in [7, 11) is 0. The molecule has 0 aliphatic heterocycles. The fraction of sp³-hybridized carbons (Fsp3) is 1.00. The van der Waals surface area contributed by atoms with E-state index in [1.165, 1.54) is 70.6 Å². The van der Waals surface area contributed by atoms with E-state index in [9.17, 15) is 0 Å². The van der Waals surface area contributed by atoms with Crippen molar-refractivity contribution in [1.29, 1.82) is 0 Å². The lowest BCUT2D eigenvalue weighted by Gasteiger charge is -2.12. The summed E-state index contributed by atoms with van der Waals surface area (Å²) in [6.45, 7) is 5.35. The molecule has 0 bridgehead atoms. The SMILES string of the molecule is CCCCCCCCOC(N)CCCCCCC. The van der Waals surface area contributed by atoms with Gasteiger partial charge in [-0.2, -0.15) is 0 Å². The van der Waals surface area contributed by atoms with E-state index in [1.54, 1.807) is 0 Å². The van der Waals surface area contributed by atoms with E-state index in [-0.39, 0.29) is 6.23 Å². The number of unbranched alkanes of at least 4 members (excludes halogenated alkanes) is 9. The van der Waals surface area contributed by atoms with Crippen LogP contribution in [0.1, 0.15) is 90.9 Å². The lowest BCUT2D eigenvalue weighted by Crippen LogP contribution is -2.24. The molecule has 0 saturated carbocycles. The second kappa shape index (κ2) is 15.0. The first-order chi connectivity index (χ1) is 8.81. The van der Waals surface area contributed by atoms with Crippen LogP contribution in [0.3, 0.4) is 0 Å². The molecule has 0 aromatic rings. The normalized spacial score (nSPS) is 12.8. The first-order valence-electron chi connectivity index (χ1n) is 8.18. The van der Waals surface area contributed by atoms with E-state index in [1.807, 2.05) is 0 Å². The Labute approximate surface area is 115 Å². The molecular weight excluding hydrogens is 222 g/mol. The molecule has 0 amide bonds. The summed E-state index contributed by atoms with van der Waals surface area (Å²) in [6, 6.07) is 0. The Hall–Kier alpha value is -0.0800. The molecular formula is C16H35NO. The number of hydrogen-bond donors (Lipinski definition) is 1. The third-order valence-corrected chi connectivity index (χ3v) is 3.42. The largest absolute Gasteiger partial charge is 0.364 e. The van der Waals surface area contributed by atoms with Gasteiger partial charge in [0.15, 0.2) is 0 Å². The Kier molecular flexibility index (Phi) is 14.9. The van der Waals surface area contributed by atoms with Gasteiger partial charge in [-0.25, -0.2) is 0 Å². The molecule has 0 aliphatic carbocycles. The number of nitrogens with two attached hydrogens (primary N) is 1. The Bertz CT molecular complexity index is 150. The van der Waals surface area contributed by atoms with E-state index in [2.05, 4.69) is 13.8 Å². The van der Waals surface area contributed by atoms with E-state index in [0.29, 0.717) is 0 Å². The maximum Gasteiger partial charge on any atom is 0.105 e. The van der Waals surface area contributed by atoms with Gasteiger partial charge in [0.25, 0.3) is 0 Å². The Morgan fingerprint density at radius 3 is 1.83 bits per heavy atom. The van der Waals surface area contributed by atoms with Crippen molar-refractivity contribution in [1.82, 2.24) is 0 Å². The van der Waals surface area contributed by atoms with E-state index >= 15 is 0 Å². The van der Waals surface area contributed by atoms with Gasteiger partial charge in [0.1, 0.15) is 6.23 Å². The minimum Gasteiger partial charge on any atom is -0.364 e. The Morgan fingerprint density at radius 1 is 0.722 bits per heavy atom. The molecule has 2 heteroatoms. The van der Waals surface area contributed by atoms with Crippen molar-refractivity contribution in [3.63, 3.8) is 0 Å². The molecule has 0 aromatic carbocycles. The van der Waals surface area contributed by atoms with Crippen LogP contribution in [0.2, 0.25) is 0 Å². The summed E-state index contributed by atoms with van der Waals surface area (Å²) >= 11 is 0. The zero-order valence-corrected chi connectivity index (χ0v) is 12.8. The van der Waals surface area contributed by atoms with Crippen molar-refractivity contribution in [2.24, 2.45) is 5.73 Å². The minimum atomic E-state index is -0.0257. The van der Waals surface area contributed by atoms with Crippen LogP contribution in [0.4, 0.5) is 0 Å². The molecule has 0 spiro atoms. The van der Waals surface area contributed by atoms with Crippen molar-refractivity contribution in [2.75, 3.05) is 6.61 Å². The molecule has 1 atom stereocenters.